The van der Waals surface area contributed by atoms with E-state index in [0.717, 1.165) is 5.75 Å². The molecular weight excluding hydrogens is 449 g/mol. The van der Waals surface area contributed by atoms with Gasteiger partial charge in [-0.2, -0.15) is 0 Å². The van der Waals surface area contributed by atoms with Crippen LogP contribution >= 0.6 is 23.5 Å². The van der Waals surface area contributed by atoms with Crippen molar-refractivity contribution in [2.45, 2.75) is 23.5 Å². The molecular formula is C23H24FN3O3S2. The van der Waals surface area contributed by atoms with E-state index in [1.807, 2.05) is 13.0 Å². The number of halogens is 1. The second kappa shape index (κ2) is 10.1. The molecule has 6 nitrogen and oxygen atoms in total. The zero-order chi connectivity index (χ0) is 22.7. The number of hydrogen-bond acceptors (Lipinski definition) is 6. The third-order valence-electron chi connectivity index (χ3n) is 5.33. The van der Waals surface area contributed by atoms with Crippen molar-refractivity contribution >= 4 is 40.3 Å². The molecule has 1 saturated heterocycles. The SMILES string of the molecule is COC[C@@H](C)n1c(SCC(=O)N2CCS[C@@H]2c2ccccc2F)nc2ccccc2c1=O. The first-order valence-corrected chi connectivity index (χ1v) is 12.3. The quantitative estimate of drug-likeness (QED) is 0.380. The minimum atomic E-state index is -0.344. The van der Waals surface area contributed by atoms with Crippen LogP contribution in [-0.2, 0) is 9.53 Å². The topological polar surface area (TPSA) is 64.4 Å². The van der Waals surface area contributed by atoms with Crippen LogP contribution in [0, 0.1) is 5.82 Å². The number of benzene rings is 2. The predicted octanol–water partition coefficient (Wildman–Crippen LogP) is 4.11. The van der Waals surface area contributed by atoms with E-state index in [1.54, 1.807) is 64.7 Å². The van der Waals surface area contributed by atoms with E-state index in [0.29, 0.717) is 34.8 Å². The van der Waals surface area contributed by atoms with Gasteiger partial charge in [-0.3, -0.25) is 14.2 Å². The van der Waals surface area contributed by atoms with E-state index in [2.05, 4.69) is 4.98 Å². The highest BCUT2D eigenvalue weighted by Gasteiger charge is 2.32. The van der Waals surface area contributed by atoms with Crippen LogP contribution in [0.2, 0.25) is 0 Å². The molecule has 1 fully saturated rings. The Bertz CT molecular complexity index is 1190. The van der Waals surface area contributed by atoms with Gasteiger partial charge in [0.05, 0.1) is 29.3 Å². The number of aromatic nitrogens is 2. The number of amides is 1. The molecule has 32 heavy (non-hydrogen) atoms. The van der Waals surface area contributed by atoms with Crippen molar-refractivity contribution in [1.82, 2.24) is 14.5 Å². The van der Waals surface area contributed by atoms with Crippen molar-refractivity contribution in [2.24, 2.45) is 0 Å². The van der Waals surface area contributed by atoms with Crippen LogP contribution in [0.3, 0.4) is 0 Å². The van der Waals surface area contributed by atoms with Crippen LogP contribution < -0.4 is 5.56 Å². The molecule has 3 aromatic rings. The molecule has 0 bridgehead atoms. The highest BCUT2D eigenvalue weighted by Crippen LogP contribution is 2.39. The van der Waals surface area contributed by atoms with Crippen LogP contribution in [0.15, 0.2) is 58.5 Å². The summed E-state index contributed by atoms with van der Waals surface area (Å²) < 4.78 is 21.2. The number of nitrogens with zero attached hydrogens (tertiary/aromatic N) is 3. The van der Waals surface area contributed by atoms with Gasteiger partial charge in [0.15, 0.2) is 5.16 Å². The van der Waals surface area contributed by atoms with Gasteiger partial charge in [0.25, 0.3) is 5.56 Å². The van der Waals surface area contributed by atoms with E-state index in [4.69, 9.17) is 4.74 Å². The molecule has 1 aliphatic rings. The van der Waals surface area contributed by atoms with Crippen molar-refractivity contribution in [2.75, 3.05) is 31.8 Å². The molecule has 1 amide bonds. The maximum absolute atomic E-state index is 14.3. The zero-order valence-corrected chi connectivity index (χ0v) is 19.5. The Morgan fingerprint density at radius 2 is 2.03 bits per heavy atom. The van der Waals surface area contributed by atoms with Gasteiger partial charge in [-0.1, -0.05) is 42.1 Å². The van der Waals surface area contributed by atoms with Gasteiger partial charge in [-0.25, -0.2) is 9.37 Å². The largest absolute Gasteiger partial charge is 0.383 e. The number of fused-ring (bicyclic) bond motifs is 1. The summed E-state index contributed by atoms with van der Waals surface area (Å²) in [5.41, 5.74) is 0.952. The van der Waals surface area contributed by atoms with Crippen LogP contribution in [0.25, 0.3) is 10.9 Å². The molecule has 2 aromatic carbocycles. The Kier molecular flexibility index (Phi) is 7.17. The summed E-state index contributed by atoms with van der Waals surface area (Å²) >= 11 is 2.78. The van der Waals surface area contributed by atoms with Gasteiger partial charge in [0.2, 0.25) is 5.91 Å². The first kappa shape index (κ1) is 22.8. The summed E-state index contributed by atoms with van der Waals surface area (Å²) in [6.45, 7) is 2.79. The van der Waals surface area contributed by atoms with Crippen LogP contribution in [0.4, 0.5) is 4.39 Å². The second-order valence-electron chi connectivity index (χ2n) is 7.51. The summed E-state index contributed by atoms with van der Waals surface area (Å²) in [5, 5.41) is 0.658. The van der Waals surface area contributed by atoms with Crippen LogP contribution in [0.1, 0.15) is 23.9 Å². The standard InChI is InChI=1S/C23H24FN3O3S2/c1-15(13-30-2)27-21(29)17-8-4-6-10-19(17)25-23(27)32-14-20(28)26-11-12-31-22(26)16-7-3-5-9-18(16)24/h3-10,15,22H,11-14H2,1-2H3/t15-,22-/m1/s1. The highest BCUT2D eigenvalue weighted by atomic mass is 32.2. The predicted molar refractivity (Wildman–Crippen MR) is 127 cm³/mol. The smallest absolute Gasteiger partial charge is 0.262 e. The van der Waals surface area contributed by atoms with E-state index < -0.39 is 0 Å². The van der Waals surface area contributed by atoms with E-state index in [9.17, 15) is 14.0 Å². The van der Waals surface area contributed by atoms with Crippen molar-refractivity contribution in [1.29, 1.82) is 0 Å². The van der Waals surface area contributed by atoms with E-state index >= 15 is 0 Å². The fraction of sp³-hybridized carbons (Fsp3) is 0.348. The number of methoxy groups -OCH3 is 1. The minimum Gasteiger partial charge on any atom is -0.383 e. The molecule has 0 radical (unpaired) electrons. The number of ether oxygens (including phenoxy) is 1. The van der Waals surface area contributed by atoms with Gasteiger partial charge in [-0.15, -0.1) is 11.8 Å². The normalized spacial score (nSPS) is 17.1. The third-order valence-corrected chi connectivity index (χ3v) is 7.51. The lowest BCUT2D eigenvalue weighted by Crippen LogP contribution is -2.33. The molecule has 0 aliphatic carbocycles. The zero-order valence-electron chi connectivity index (χ0n) is 17.9. The fourth-order valence-corrected chi connectivity index (χ4v) is 6.08. The molecule has 0 spiro atoms. The summed E-state index contributed by atoms with van der Waals surface area (Å²) in [4.78, 5) is 32.6. The fourth-order valence-electron chi connectivity index (χ4n) is 3.80. The van der Waals surface area contributed by atoms with Crippen molar-refractivity contribution < 1.29 is 13.9 Å². The molecule has 4 rings (SSSR count). The maximum atomic E-state index is 14.3. The van der Waals surface area contributed by atoms with Crippen LogP contribution in [0.5, 0.6) is 0 Å². The second-order valence-corrected chi connectivity index (χ2v) is 9.64. The number of carbonyl (C=O) groups excluding carboxylic acids is 1. The first-order valence-electron chi connectivity index (χ1n) is 10.3. The highest BCUT2D eigenvalue weighted by molar-refractivity contribution is 8.00. The lowest BCUT2D eigenvalue weighted by Gasteiger charge is -2.25. The Morgan fingerprint density at radius 1 is 1.28 bits per heavy atom. The van der Waals surface area contributed by atoms with E-state index in [-0.39, 0.29) is 34.5 Å². The van der Waals surface area contributed by atoms with Gasteiger partial charge in [-0.05, 0) is 25.1 Å². The lowest BCUT2D eigenvalue weighted by molar-refractivity contribution is -0.128. The summed E-state index contributed by atoms with van der Waals surface area (Å²) in [7, 11) is 1.58. The molecule has 2 heterocycles. The Labute approximate surface area is 194 Å². The molecule has 1 aliphatic heterocycles. The van der Waals surface area contributed by atoms with Gasteiger partial charge in [0, 0.05) is 25.0 Å². The average molecular weight is 474 g/mol. The van der Waals surface area contributed by atoms with Gasteiger partial charge in [0.1, 0.15) is 11.2 Å². The molecule has 0 unspecified atom stereocenters. The molecule has 168 valence electrons. The molecule has 1 aromatic heterocycles. The van der Waals surface area contributed by atoms with Gasteiger partial charge >= 0.3 is 0 Å². The monoisotopic (exact) mass is 473 g/mol. The summed E-state index contributed by atoms with van der Waals surface area (Å²) in [6.07, 6.45) is 0. The Morgan fingerprint density at radius 3 is 2.81 bits per heavy atom. The average Bonchev–Trinajstić information content (AvgIpc) is 3.28. The van der Waals surface area contributed by atoms with Gasteiger partial charge < -0.3 is 9.64 Å². The number of para-hydroxylation sites is 1. The van der Waals surface area contributed by atoms with Crippen molar-refractivity contribution in [3.8, 4) is 0 Å². The number of thioether (sulfide) groups is 2. The van der Waals surface area contributed by atoms with E-state index in [1.165, 1.54) is 17.8 Å². The number of rotatable bonds is 7. The molecule has 0 N–H and O–H groups in total. The molecule has 2 atom stereocenters. The Balaban J connectivity index is 1.59. The Hall–Kier alpha value is -2.36. The first-order chi connectivity index (χ1) is 15.5. The molecule has 9 heteroatoms. The maximum Gasteiger partial charge on any atom is 0.262 e. The minimum absolute atomic E-state index is 0.107. The third kappa shape index (κ3) is 4.55. The van der Waals surface area contributed by atoms with Crippen molar-refractivity contribution in [3.63, 3.8) is 0 Å². The van der Waals surface area contributed by atoms with Crippen LogP contribution in [-0.4, -0.2) is 52.1 Å². The lowest BCUT2D eigenvalue weighted by atomic mass is 10.2. The summed E-state index contributed by atoms with van der Waals surface area (Å²) in [6, 6.07) is 13.5. The van der Waals surface area contributed by atoms with Crippen molar-refractivity contribution in [3.05, 3.63) is 70.3 Å². The molecule has 0 saturated carbocycles. The number of hydrogen-bond donors (Lipinski definition) is 0. The summed E-state index contributed by atoms with van der Waals surface area (Å²) in [5.74, 6) is 0.437. The number of carbonyl (C=O) groups is 1.